The Kier molecular flexibility index (Phi) is 5.20. The minimum Gasteiger partial charge on any atom is -0.395 e. The normalized spacial score (nSPS) is 10.6. The average Bonchev–Trinajstić information content (AvgIpc) is 2.32. The molecule has 0 heterocycles. The van der Waals surface area contributed by atoms with Crippen molar-refractivity contribution in [3.05, 3.63) is 29.3 Å². The van der Waals surface area contributed by atoms with E-state index in [-0.39, 0.29) is 12.4 Å². The van der Waals surface area contributed by atoms with Crippen LogP contribution in [-0.2, 0) is 10.0 Å². The summed E-state index contributed by atoms with van der Waals surface area (Å²) < 4.78 is 25.6. The average molecular weight is 267 g/mol. The first-order valence-corrected chi connectivity index (χ1v) is 7.34. The molecule has 0 bridgehead atoms. The standard InChI is InChI=1S/C13H17NO3S/c1-3-18(16,17)14-13-10-11(2)7-8-12(13)6-4-5-9-15/h7-8,10,14-15H,3,5,9H2,1-2H3. The molecule has 0 aliphatic heterocycles. The van der Waals surface area contributed by atoms with Crippen molar-refractivity contribution in [1.29, 1.82) is 0 Å². The first kappa shape index (κ1) is 14.6. The zero-order chi connectivity index (χ0) is 13.6. The Bertz CT molecular complexity index is 568. The Hall–Kier alpha value is -1.51. The van der Waals surface area contributed by atoms with Gasteiger partial charge in [0.25, 0.3) is 0 Å². The van der Waals surface area contributed by atoms with Gasteiger partial charge in [-0.3, -0.25) is 4.72 Å². The van der Waals surface area contributed by atoms with Crippen molar-refractivity contribution < 1.29 is 13.5 Å². The summed E-state index contributed by atoms with van der Waals surface area (Å²) in [5.74, 6) is 5.65. The maximum Gasteiger partial charge on any atom is 0.232 e. The molecule has 98 valence electrons. The minimum atomic E-state index is -3.31. The number of benzene rings is 1. The van der Waals surface area contributed by atoms with Crippen molar-refractivity contribution >= 4 is 15.7 Å². The van der Waals surface area contributed by atoms with Gasteiger partial charge in [-0.2, -0.15) is 0 Å². The molecule has 0 unspecified atom stereocenters. The Morgan fingerprint density at radius 3 is 2.72 bits per heavy atom. The van der Waals surface area contributed by atoms with Crippen LogP contribution in [0.1, 0.15) is 24.5 Å². The van der Waals surface area contributed by atoms with Gasteiger partial charge in [-0.25, -0.2) is 8.42 Å². The van der Waals surface area contributed by atoms with Gasteiger partial charge < -0.3 is 5.11 Å². The third-order valence-electron chi connectivity index (χ3n) is 2.28. The fourth-order valence-electron chi connectivity index (χ4n) is 1.30. The predicted octanol–water partition coefficient (Wildman–Crippen LogP) is 1.49. The van der Waals surface area contributed by atoms with Gasteiger partial charge >= 0.3 is 0 Å². The number of aryl methyl sites for hydroxylation is 1. The van der Waals surface area contributed by atoms with Crippen molar-refractivity contribution in [3.8, 4) is 11.8 Å². The lowest BCUT2D eigenvalue weighted by Crippen LogP contribution is -2.15. The van der Waals surface area contributed by atoms with E-state index in [1.54, 1.807) is 19.1 Å². The third-order valence-corrected chi connectivity index (χ3v) is 3.57. The second kappa shape index (κ2) is 6.43. The number of nitrogens with one attached hydrogen (secondary N) is 1. The molecule has 0 fully saturated rings. The summed E-state index contributed by atoms with van der Waals surface area (Å²) in [4.78, 5) is 0. The Balaban J connectivity index is 3.09. The van der Waals surface area contributed by atoms with Crippen molar-refractivity contribution in [2.45, 2.75) is 20.3 Å². The summed E-state index contributed by atoms with van der Waals surface area (Å²) in [7, 11) is -3.31. The van der Waals surface area contributed by atoms with E-state index in [1.165, 1.54) is 0 Å². The Morgan fingerprint density at radius 2 is 2.11 bits per heavy atom. The highest BCUT2D eigenvalue weighted by atomic mass is 32.2. The SMILES string of the molecule is CCS(=O)(=O)Nc1cc(C)ccc1C#CCCO. The molecular formula is C13H17NO3S. The van der Waals surface area contributed by atoms with Crippen LogP contribution in [0.5, 0.6) is 0 Å². The molecule has 0 aliphatic carbocycles. The molecule has 18 heavy (non-hydrogen) atoms. The van der Waals surface area contributed by atoms with Gasteiger partial charge in [-0.15, -0.1) is 0 Å². The second-order valence-corrected chi connectivity index (χ2v) is 5.84. The van der Waals surface area contributed by atoms with E-state index in [1.807, 2.05) is 13.0 Å². The smallest absolute Gasteiger partial charge is 0.232 e. The summed E-state index contributed by atoms with van der Waals surface area (Å²) in [6, 6.07) is 5.39. The number of rotatable bonds is 4. The molecule has 0 amide bonds. The van der Waals surface area contributed by atoms with Gasteiger partial charge in [0.15, 0.2) is 0 Å². The van der Waals surface area contributed by atoms with E-state index in [4.69, 9.17) is 5.11 Å². The zero-order valence-electron chi connectivity index (χ0n) is 10.5. The first-order chi connectivity index (χ1) is 8.48. The predicted molar refractivity (Wildman–Crippen MR) is 72.8 cm³/mol. The van der Waals surface area contributed by atoms with Crippen LogP contribution in [0.3, 0.4) is 0 Å². The summed E-state index contributed by atoms with van der Waals surface area (Å²) in [6.07, 6.45) is 0.369. The molecule has 0 saturated heterocycles. The van der Waals surface area contributed by atoms with Crippen LogP contribution in [0.15, 0.2) is 18.2 Å². The van der Waals surface area contributed by atoms with Crippen molar-refractivity contribution in [1.82, 2.24) is 0 Å². The van der Waals surface area contributed by atoms with Crippen molar-refractivity contribution in [3.63, 3.8) is 0 Å². The van der Waals surface area contributed by atoms with Crippen LogP contribution in [0.4, 0.5) is 5.69 Å². The molecule has 0 aromatic heterocycles. The molecular weight excluding hydrogens is 250 g/mol. The fourth-order valence-corrected chi connectivity index (χ4v) is 1.95. The minimum absolute atomic E-state index is 0.00508. The lowest BCUT2D eigenvalue weighted by molar-refractivity contribution is 0.305. The number of aliphatic hydroxyl groups is 1. The van der Waals surface area contributed by atoms with Crippen molar-refractivity contribution in [2.24, 2.45) is 0 Å². The summed E-state index contributed by atoms with van der Waals surface area (Å²) in [5, 5.41) is 8.67. The molecule has 4 nitrogen and oxygen atoms in total. The maximum atomic E-state index is 11.6. The van der Waals surface area contributed by atoms with Gasteiger partial charge in [-0.1, -0.05) is 17.9 Å². The molecule has 1 aromatic carbocycles. The maximum absolute atomic E-state index is 11.6. The fraction of sp³-hybridized carbons (Fsp3) is 0.385. The molecule has 1 aromatic rings. The van der Waals surface area contributed by atoms with E-state index in [0.29, 0.717) is 17.7 Å². The molecule has 1 rings (SSSR count). The van der Waals surface area contributed by atoms with Gasteiger partial charge in [0.2, 0.25) is 10.0 Å². The summed E-state index contributed by atoms with van der Waals surface area (Å²) in [6.45, 7) is 3.46. The van der Waals surface area contributed by atoms with Crippen LogP contribution in [0.25, 0.3) is 0 Å². The van der Waals surface area contributed by atoms with Gasteiger partial charge in [0.05, 0.1) is 18.0 Å². The van der Waals surface area contributed by atoms with Gasteiger partial charge in [-0.05, 0) is 31.5 Å². The number of aliphatic hydroxyl groups excluding tert-OH is 1. The lowest BCUT2D eigenvalue weighted by atomic mass is 10.1. The summed E-state index contributed by atoms with van der Waals surface area (Å²) in [5.41, 5.74) is 2.06. The van der Waals surface area contributed by atoms with Gasteiger partial charge in [0, 0.05) is 12.0 Å². The van der Waals surface area contributed by atoms with E-state index < -0.39 is 10.0 Å². The number of hydrogen-bond donors (Lipinski definition) is 2. The number of hydrogen-bond acceptors (Lipinski definition) is 3. The Morgan fingerprint density at radius 1 is 1.39 bits per heavy atom. The topological polar surface area (TPSA) is 66.4 Å². The highest BCUT2D eigenvalue weighted by Gasteiger charge is 2.09. The highest BCUT2D eigenvalue weighted by molar-refractivity contribution is 7.92. The van der Waals surface area contributed by atoms with E-state index in [2.05, 4.69) is 16.6 Å². The zero-order valence-corrected chi connectivity index (χ0v) is 11.3. The van der Waals surface area contributed by atoms with E-state index >= 15 is 0 Å². The summed E-state index contributed by atoms with van der Waals surface area (Å²) >= 11 is 0. The van der Waals surface area contributed by atoms with Crippen LogP contribution in [0.2, 0.25) is 0 Å². The van der Waals surface area contributed by atoms with E-state index in [0.717, 1.165) is 5.56 Å². The molecule has 0 atom stereocenters. The van der Waals surface area contributed by atoms with Crippen LogP contribution in [0, 0.1) is 18.8 Å². The largest absolute Gasteiger partial charge is 0.395 e. The van der Waals surface area contributed by atoms with E-state index in [9.17, 15) is 8.42 Å². The van der Waals surface area contributed by atoms with Crippen LogP contribution >= 0.6 is 0 Å². The Labute approximate surface area is 108 Å². The lowest BCUT2D eigenvalue weighted by Gasteiger charge is -2.09. The molecule has 0 radical (unpaired) electrons. The second-order valence-electron chi connectivity index (χ2n) is 3.83. The molecule has 0 saturated carbocycles. The monoisotopic (exact) mass is 267 g/mol. The third kappa shape index (κ3) is 4.40. The quantitative estimate of drug-likeness (QED) is 0.812. The molecule has 2 N–H and O–H groups in total. The number of sulfonamides is 1. The highest BCUT2D eigenvalue weighted by Crippen LogP contribution is 2.18. The first-order valence-electron chi connectivity index (χ1n) is 5.69. The molecule has 0 aliphatic rings. The van der Waals surface area contributed by atoms with Gasteiger partial charge in [0.1, 0.15) is 0 Å². The van der Waals surface area contributed by atoms with Crippen molar-refractivity contribution in [2.75, 3.05) is 17.1 Å². The number of anilines is 1. The van der Waals surface area contributed by atoms with Crippen LogP contribution in [-0.4, -0.2) is 25.9 Å². The molecule has 5 heteroatoms. The van der Waals surface area contributed by atoms with Crippen LogP contribution < -0.4 is 4.72 Å². The molecule has 0 spiro atoms.